The number of aromatic nitrogens is 2. The van der Waals surface area contributed by atoms with Crippen LogP contribution in [0.25, 0.3) is 11.1 Å². The number of alkyl halides is 3. The zero-order valence-electron chi connectivity index (χ0n) is 22.9. The molecule has 2 amide bonds. The highest BCUT2D eigenvalue weighted by Gasteiger charge is 2.48. The molecule has 0 radical (unpaired) electrons. The van der Waals surface area contributed by atoms with Crippen LogP contribution in [0.2, 0.25) is 5.02 Å². The van der Waals surface area contributed by atoms with E-state index < -0.39 is 63.1 Å². The molecule has 2 heterocycles. The molecule has 3 aromatic rings. The first-order valence-corrected chi connectivity index (χ1v) is 13.6. The van der Waals surface area contributed by atoms with E-state index >= 15 is 0 Å². The molecule has 0 fully saturated rings. The van der Waals surface area contributed by atoms with Crippen LogP contribution in [0.4, 0.5) is 13.2 Å². The smallest absolute Gasteiger partial charge is 0.505 e. The fraction of sp³-hybridized carbons (Fsp3) is 0.200. The van der Waals surface area contributed by atoms with Gasteiger partial charge in [-0.3, -0.25) is 19.2 Å². The highest BCUT2D eigenvalue weighted by Crippen LogP contribution is 2.29. The van der Waals surface area contributed by atoms with Crippen LogP contribution in [0.1, 0.15) is 21.0 Å². The number of amides is 2. The number of benzene rings is 1. The molecule has 0 atom stereocenters. The number of methoxy groups -OCH3 is 2. The van der Waals surface area contributed by atoms with E-state index in [1.807, 2.05) is 5.32 Å². The number of hydrogen-bond acceptors (Lipinski definition) is 13. The average Bonchev–Trinajstić information content (AvgIpc) is 2.97. The van der Waals surface area contributed by atoms with Gasteiger partial charge in [0.05, 0.1) is 20.4 Å². The summed E-state index contributed by atoms with van der Waals surface area (Å²) in [6.07, 6.45) is 1.93. The van der Waals surface area contributed by atoms with Crippen molar-refractivity contribution in [3.63, 3.8) is 0 Å². The Kier molecular flexibility index (Phi) is 12.4. The topological polar surface area (TPSA) is 220 Å². The average molecular weight is 679 g/mol. The number of nitrogens with one attached hydrogen (secondary N) is 2. The van der Waals surface area contributed by atoms with Gasteiger partial charge in [-0.15, -0.1) is 0 Å². The monoisotopic (exact) mass is 678 g/mol. The van der Waals surface area contributed by atoms with Crippen LogP contribution in [0.5, 0.6) is 17.2 Å². The highest BCUT2D eigenvalue weighted by atomic mass is 35.5. The molecule has 0 saturated carbocycles. The standard InChI is InChI=1S/C15H13ClN2O4.C10H9F3N2O7S/c1-22-13(20)8-18-15(21)14-12(19)6-10(7-17-14)9-3-2-4-11(16)5-9;1-21-7(17)4-15-9(18)8-6(16)2-5(3-14-8)22-23(19,20)10(11,12)13/h2-7,19H,8H2,1H3,(H,18,21);2-3,16H,4H2,1H3,(H,15,18). The van der Waals surface area contributed by atoms with Gasteiger partial charge >= 0.3 is 27.6 Å². The van der Waals surface area contributed by atoms with Gasteiger partial charge in [0.2, 0.25) is 0 Å². The Morgan fingerprint density at radius 2 is 1.36 bits per heavy atom. The minimum atomic E-state index is -5.94. The third-order valence-corrected chi connectivity index (χ3v) is 6.24. The maximum atomic E-state index is 12.1. The molecule has 0 unspecified atom stereocenters. The number of ether oxygens (including phenoxy) is 2. The summed E-state index contributed by atoms with van der Waals surface area (Å²) >= 11 is 5.91. The lowest BCUT2D eigenvalue weighted by Crippen LogP contribution is -2.31. The molecule has 0 spiro atoms. The first-order valence-electron chi connectivity index (χ1n) is 11.8. The summed E-state index contributed by atoms with van der Waals surface area (Å²) in [4.78, 5) is 52.4. The molecule has 20 heteroatoms. The number of carbonyl (C=O) groups excluding carboxylic acids is 4. The summed E-state index contributed by atoms with van der Waals surface area (Å²) < 4.78 is 70.3. The molecule has 0 aliphatic carbocycles. The molecule has 2 aromatic heterocycles. The van der Waals surface area contributed by atoms with Crippen molar-refractivity contribution in [2.24, 2.45) is 0 Å². The van der Waals surface area contributed by atoms with Gasteiger partial charge < -0.3 is 34.5 Å². The molecule has 15 nitrogen and oxygen atoms in total. The number of rotatable bonds is 9. The van der Waals surface area contributed by atoms with E-state index in [9.17, 15) is 51.0 Å². The molecule has 1 aromatic carbocycles. The minimum Gasteiger partial charge on any atom is -0.505 e. The first kappa shape index (κ1) is 36.0. The Balaban J connectivity index is 0.000000314. The summed E-state index contributed by atoms with van der Waals surface area (Å²) in [7, 11) is -3.66. The summed E-state index contributed by atoms with van der Waals surface area (Å²) in [6, 6.07) is 8.88. The number of nitrogens with zero attached hydrogens (tertiary/aromatic N) is 2. The van der Waals surface area contributed by atoms with Gasteiger partial charge in [-0.25, -0.2) is 9.97 Å². The molecule has 0 aliphatic rings. The predicted octanol–water partition coefficient (Wildman–Crippen LogP) is 1.93. The first-order chi connectivity index (χ1) is 21.0. The maximum absolute atomic E-state index is 12.1. The van der Waals surface area contributed by atoms with Crippen LogP contribution in [-0.4, -0.2) is 85.2 Å². The molecule has 0 bridgehead atoms. The third-order valence-electron chi connectivity index (χ3n) is 5.03. The van der Waals surface area contributed by atoms with Crippen molar-refractivity contribution >= 4 is 45.5 Å². The summed E-state index contributed by atoms with van der Waals surface area (Å²) in [5.41, 5.74) is -5.12. The summed E-state index contributed by atoms with van der Waals surface area (Å²) in [5.74, 6) is -5.30. The lowest BCUT2D eigenvalue weighted by Gasteiger charge is -2.10. The van der Waals surface area contributed by atoms with E-state index in [-0.39, 0.29) is 18.0 Å². The van der Waals surface area contributed by atoms with Gasteiger partial charge in [0.15, 0.2) is 22.9 Å². The Hall–Kier alpha value is -5.17. The van der Waals surface area contributed by atoms with Gasteiger partial charge in [-0.05, 0) is 23.8 Å². The van der Waals surface area contributed by atoms with Crippen molar-refractivity contribution < 1.29 is 64.6 Å². The Labute approximate surface area is 257 Å². The third kappa shape index (κ3) is 10.5. The van der Waals surface area contributed by atoms with Gasteiger partial charge in [0.25, 0.3) is 11.8 Å². The molecule has 3 rings (SSSR count). The van der Waals surface area contributed by atoms with Crippen LogP contribution in [0, 0.1) is 0 Å². The van der Waals surface area contributed by atoms with E-state index in [4.69, 9.17) is 11.6 Å². The Morgan fingerprint density at radius 3 is 1.80 bits per heavy atom. The lowest BCUT2D eigenvalue weighted by molar-refractivity contribution is -0.140. The van der Waals surface area contributed by atoms with E-state index in [2.05, 4.69) is 28.9 Å². The maximum Gasteiger partial charge on any atom is 0.534 e. The fourth-order valence-corrected chi connectivity index (χ4v) is 3.53. The number of aromatic hydroxyl groups is 2. The van der Waals surface area contributed by atoms with E-state index in [1.165, 1.54) is 19.4 Å². The lowest BCUT2D eigenvalue weighted by atomic mass is 10.1. The molecule has 0 aliphatic heterocycles. The number of esters is 2. The Morgan fingerprint density at radius 1 is 0.844 bits per heavy atom. The van der Waals surface area contributed by atoms with Crippen molar-refractivity contribution in [3.05, 3.63) is 65.2 Å². The predicted molar refractivity (Wildman–Crippen MR) is 147 cm³/mol. The number of halogens is 4. The van der Waals surface area contributed by atoms with Gasteiger partial charge in [0, 0.05) is 22.8 Å². The van der Waals surface area contributed by atoms with Crippen LogP contribution >= 0.6 is 11.6 Å². The second-order valence-corrected chi connectivity index (χ2v) is 10.1. The van der Waals surface area contributed by atoms with Crippen molar-refractivity contribution in [1.29, 1.82) is 0 Å². The summed E-state index contributed by atoms with van der Waals surface area (Å²) in [6.45, 7) is -0.844. The van der Waals surface area contributed by atoms with Crippen LogP contribution in [0.3, 0.4) is 0 Å². The van der Waals surface area contributed by atoms with Crippen molar-refractivity contribution in [2.45, 2.75) is 5.51 Å². The van der Waals surface area contributed by atoms with E-state index in [0.29, 0.717) is 22.8 Å². The largest absolute Gasteiger partial charge is 0.534 e. The van der Waals surface area contributed by atoms with Crippen molar-refractivity contribution in [2.75, 3.05) is 27.3 Å². The van der Waals surface area contributed by atoms with Gasteiger partial charge in [-0.1, -0.05) is 23.7 Å². The number of carbonyl (C=O) groups is 4. The molecular formula is C25H22ClF3N4O11S. The van der Waals surface area contributed by atoms with Crippen LogP contribution in [0.15, 0.2) is 48.8 Å². The van der Waals surface area contributed by atoms with Crippen molar-refractivity contribution in [1.82, 2.24) is 20.6 Å². The molecular weight excluding hydrogens is 657 g/mol. The van der Waals surface area contributed by atoms with Crippen LogP contribution in [-0.2, 0) is 29.2 Å². The Bertz CT molecular complexity index is 1690. The quantitative estimate of drug-likeness (QED) is 0.145. The second-order valence-electron chi connectivity index (χ2n) is 8.14. The fourth-order valence-electron chi connectivity index (χ4n) is 2.90. The van der Waals surface area contributed by atoms with Crippen molar-refractivity contribution in [3.8, 4) is 28.4 Å². The second kappa shape index (κ2) is 15.5. The number of pyridine rings is 2. The highest BCUT2D eigenvalue weighted by molar-refractivity contribution is 7.88. The normalized spacial score (nSPS) is 10.9. The van der Waals surface area contributed by atoms with E-state index in [1.54, 1.807) is 24.3 Å². The van der Waals surface area contributed by atoms with Gasteiger partial charge in [-0.2, -0.15) is 21.6 Å². The summed E-state index contributed by atoms with van der Waals surface area (Å²) in [5, 5.41) is 24.3. The minimum absolute atomic E-state index is 0.172. The number of hydrogen-bond donors (Lipinski definition) is 4. The van der Waals surface area contributed by atoms with E-state index in [0.717, 1.165) is 12.7 Å². The van der Waals surface area contributed by atoms with Gasteiger partial charge in [0.1, 0.15) is 18.8 Å². The SMILES string of the molecule is COC(=O)CNC(=O)c1ncc(-c2cccc(Cl)c2)cc1O.COC(=O)CNC(=O)c1ncc(OS(=O)(=O)C(F)(F)F)cc1O. The zero-order chi connectivity index (χ0) is 33.9. The molecule has 45 heavy (non-hydrogen) atoms. The molecule has 242 valence electrons. The molecule has 0 saturated heterocycles. The molecule has 4 N–H and O–H groups in total. The zero-order valence-corrected chi connectivity index (χ0v) is 24.5. The van der Waals surface area contributed by atoms with Crippen LogP contribution < -0.4 is 14.8 Å².